The van der Waals surface area contributed by atoms with E-state index in [2.05, 4.69) is 32.2 Å². The molecule has 0 aliphatic rings. The SMILES string of the molecule is CCNCC(C)(C)CCc1cc(OC)ccc1OC. The number of hydrogen-bond acceptors (Lipinski definition) is 3. The van der Waals surface area contributed by atoms with E-state index < -0.39 is 0 Å². The smallest absolute Gasteiger partial charge is 0.122 e. The Balaban J connectivity index is 2.70. The molecule has 0 heterocycles. The third-order valence-electron chi connectivity index (χ3n) is 3.41. The molecule has 1 aromatic rings. The molecule has 0 saturated carbocycles. The molecule has 0 fully saturated rings. The predicted octanol–water partition coefficient (Wildman–Crippen LogP) is 3.27. The second-order valence-electron chi connectivity index (χ2n) is 5.62. The largest absolute Gasteiger partial charge is 0.497 e. The van der Waals surface area contributed by atoms with Crippen LogP contribution in [0.1, 0.15) is 32.8 Å². The third kappa shape index (κ3) is 5.11. The van der Waals surface area contributed by atoms with Crippen LogP contribution in [0, 0.1) is 5.41 Å². The lowest BCUT2D eigenvalue weighted by Crippen LogP contribution is -2.29. The highest BCUT2D eigenvalue weighted by Gasteiger charge is 2.18. The summed E-state index contributed by atoms with van der Waals surface area (Å²) < 4.78 is 10.7. The lowest BCUT2D eigenvalue weighted by molar-refractivity contribution is 0.314. The van der Waals surface area contributed by atoms with Crippen LogP contribution in [0.4, 0.5) is 0 Å². The van der Waals surface area contributed by atoms with E-state index >= 15 is 0 Å². The molecule has 0 aromatic heterocycles. The van der Waals surface area contributed by atoms with Gasteiger partial charge in [0.15, 0.2) is 0 Å². The van der Waals surface area contributed by atoms with Gasteiger partial charge in [0, 0.05) is 6.54 Å². The Labute approximate surface area is 117 Å². The van der Waals surface area contributed by atoms with Crippen molar-refractivity contribution in [1.82, 2.24) is 5.32 Å². The molecule has 0 saturated heterocycles. The van der Waals surface area contributed by atoms with Crippen LogP contribution in [-0.4, -0.2) is 27.3 Å². The molecule has 1 rings (SSSR count). The fraction of sp³-hybridized carbons (Fsp3) is 0.625. The van der Waals surface area contributed by atoms with Gasteiger partial charge in [0.25, 0.3) is 0 Å². The lowest BCUT2D eigenvalue weighted by Gasteiger charge is -2.25. The van der Waals surface area contributed by atoms with Crippen LogP contribution in [0.25, 0.3) is 0 Å². The van der Waals surface area contributed by atoms with Crippen LogP contribution in [0.5, 0.6) is 11.5 Å². The van der Waals surface area contributed by atoms with Crippen LogP contribution in [0.3, 0.4) is 0 Å². The maximum atomic E-state index is 5.42. The highest BCUT2D eigenvalue weighted by molar-refractivity contribution is 5.40. The van der Waals surface area contributed by atoms with E-state index in [4.69, 9.17) is 9.47 Å². The van der Waals surface area contributed by atoms with E-state index in [1.807, 2.05) is 12.1 Å². The van der Waals surface area contributed by atoms with Crippen molar-refractivity contribution in [3.63, 3.8) is 0 Å². The van der Waals surface area contributed by atoms with Crippen LogP contribution in [0.15, 0.2) is 18.2 Å². The third-order valence-corrected chi connectivity index (χ3v) is 3.41. The van der Waals surface area contributed by atoms with Crippen molar-refractivity contribution in [1.29, 1.82) is 0 Å². The second-order valence-corrected chi connectivity index (χ2v) is 5.62. The predicted molar refractivity (Wildman–Crippen MR) is 80.2 cm³/mol. The standard InChI is InChI=1S/C16H27NO2/c1-6-17-12-16(2,3)10-9-13-11-14(18-4)7-8-15(13)19-5/h7-8,11,17H,6,9-10,12H2,1-5H3. The average Bonchev–Trinajstić information content (AvgIpc) is 2.42. The van der Waals surface area contributed by atoms with E-state index in [9.17, 15) is 0 Å². The Hall–Kier alpha value is -1.22. The Bertz CT molecular complexity index is 388. The molecule has 0 bridgehead atoms. The summed E-state index contributed by atoms with van der Waals surface area (Å²) >= 11 is 0. The highest BCUT2D eigenvalue weighted by Crippen LogP contribution is 2.29. The maximum absolute atomic E-state index is 5.42. The average molecular weight is 265 g/mol. The van der Waals surface area contributed by atoms with Crippen molar-refractivity contribution in [2.45, 2.75) is 33.6 Å². The van der Waals surface area contributed by atoms with Gasteiger partial charge in [0.2, 0.25) is 0 Å². The highest BCUT2D eigenvalue weighted by atomic mass is 16.5. The van der Waals surface area contributed by atoms with Gasteiger partial charge in [-0.25, -0.2) is 0 Å². The van der Waals surface area contributed by atoms with Crippen molar-refractivity contribution >= 4 is 0 Å². The number of ether oxygens (including phenoxy) is 2. The molecule has 19 heavy (non-hydrogen) atoms. The van der Waals surface area contributed by atoms with E-state index in [-0.39, 0.29) is 5.41 Å². The first-order valence-electron chi connectivity index (χ1n) is 6.94. The molecule has 0 aliphatic carbocycles. The van der Waals surface area contributed by atoms with Gasteiger partial charge < -0.3 is 14.8 Å². The summed E-state index contributed by atoms with van der Waals surface area (Å²) in [6, 6.07) is 5.99. The second kappa shape index (κ2) is 7.39. The molecule has 108 valence electrons. The molecule has 0 atom stereocenters. The molecule has 0 unspecified atom stereocenters. The number of aryl methyl sites for hydroxylation is 1. The van der Waals surface area contributed by atoms with Crippen molar-refractivity contribution in [2.24, 2.45) is 5.41 Å². The van der Waals surface area contributed by atoms with Crippen LogP contribution < -0.4 is 14.8 Å². The number of nitrogens with one attached hydrogen (secondary N) is 1. The minimum absolute atomic E-state index is 0.282. The summed E-state index contributed by atoms with van der Waals surface area (Å²) in [7, 11) is 3.41. The van der Waals surface area contributed by atoms with Crippen molar-refractivity contribution in [2.75, 3.05) is 27.3 Å². The Morgan fingerprint density at radius 1 is 1.16 bits per heavy atom. The monoisotopic (exact) mass is 265 g/mol. The number of rotatable bonds is 8. The molecule has 0 aliphatic heterocycles. The topological polar surface area (TPSA) is 30.5 Å². The fourth-order valence-electron chi connectivity index (χ4n) is 2.10. The van der Waals surface area contributed by atoms with Crippen LogP contribution in [0.2, 0.25) is 0 Å². The molecular weight excluding hydrogens is 238 g/mol. The fourth-order valence-corrected chi connectivity index (χ4v) is 2.10. The summed E-state index contributed by atoms with van der Waals surface area (Å²) in [6.07, 6.45) is 2.11. The van der Waals surface area contributed by atoms with Gasteiger partial charge in [-0.1, -0.05) is 20.8 Å². The van der Waals surface area contributed by atoms with Gasteiger partial charge in [-0.15, -0.1) is 0 Å². The quantitative estimate of drug-likeness (QED) is 0.782. The van der Waals surface area contributed by atoms with E-state index in [0.717, 1.165) is 37.4 Å². The molecule has 0 spiro atoms. The molecule has 3 nitrogen and oxygen atoms in total. The molecule has 0 amide bonds. The minimum Gasteiger partial charge on any atom is -0.497 e. The van der Waals surface area contributed by atoms with Gasteiger partial charge in [-0.2, -0.15) is 0 Å². The zero-order valence-electron chi connectivity index (χ0n) is 12.9. The van der Waals surface area contributed by atoms with Crippen molar-refractivity contribution in [3.05, 3.63) is 23.8 Å². The first-order chi connectivity index (χ1) is 9.02. The molecule has 0 radical (unpaired) electrons. The zero-order valence-corrected chi connectivity index (χ0v) is 12.9. The molecule has 1 N–H and O–H groups in total. The molecular formula is C16H27NO2. The van der Waals surface area contributed by atoms with Gasteiger partial charge in [0.05, 0.1) is 14.2 Å². The van der Waals surface area contributed by atoms with Gasteiger partial charge in [-0.05, 0) is 48.6 Å². The van der Waals surface area contributed by atoms with E-state index in [1.165, 1.54) is 5.56 Å². The summed E-state index contributed by atoms with van der Waals surface area (Å²) in [5.74, 6) is 1.83. The summed E-state index contributed by atoms with van der Waals surface area (Å²) in [5.41, 5.74) is 1.50. The normalized spacial score (nSPS) is 11.4. The van der Waals surface area contributed by atoms with Gasteiger partial charge >= 0.3 is 0 Å². The van der Waals surface area contributed by atoms with E-state index in [1.54, 1.807) is 14.2 Å². The summed E-state index contributed by atoms with van der Waals surface area (Å²) in [4.78, 5) is 0. The Morgan fingerprint density at radius 3 is 2.47 bits per heavy atom. The lowest BCUT2D eigenvalue weighted by atomic mass is 9.86. The maximum Gasteiger partial charge on any atom is 0.122 e. The number of benzene rings is 1. The first-order valence-corrected chi connectivity index (χ1v) is 6.94. The van der Waals surface area contributed by atoms with Crippen LogP contribution in [-0.2, 0) is 6.42 Å². The van der Waals surface area contributed by atoms with Crippen LogP contribution >= 0.6 is 0 Å². The van der Waals surface area contributed by atoms with Crippen molar-refractivity contribution in [3.8, 4) is 11.5 Å². The van der Waals surface area contributed by atoms with E-state index in [0.29, 0.717) is 0 Å². The number of methoxy groups -OCH3 is 2. The molecule has 3 heteroatoms. The Morgan fingerprint density at radius 2 is 1.89 bits per heavy atom. The summed E-state index contributed by atoms with van der Waals surface area (Å²) in [5, 5.41) is 3.42. The van der Waals surface area contributed by atoms with Gasteiger partial charge in [-0.3, -0.25) is 0 Å². The minimum atomic E-state index is 0.282. The molecule has 1 aromatic carbocycles. The Kier molecular flexibility index (Phi) is 6.16. The number of hydrogen-bond donors (Lipinski definition) is 1. The van der Waals surface area contributed by atoms with Crippen molar-refractivity contribution < 1.29 is 9.47 Å². The van der Waals surface area contributed by atoms with Gasteiger partial charge in [0.1, 0.15) is 11.5 Å². The zero-order chi connectivity index (χ0) is 14.3. The first kappa shape index (κ1) is 15.8. The summed E-state index contributed by atoms with van der Waals surface area (Å²) in [6.45, 7) is 8.79.